The highest BCUT2D eigenvalue weighted by Gasteiger charge is 2.50. The Morgan fingerprint density at radius 3 is 0.861 bits per heavy atom. The molecule has 0 amide bonds. The zero-order valence-corrected chi connectivity index (χ0v) is 22.9. The van der Waals surface area contributed by atoms with Gasteiger partial charge in [-0.1, -0.05) is 0 Å². The van der Waals surface area contributed by atoms with Crippen molar-refractivity contribution in [3.8, 4) is 46.0 Å². The van der Waals surface area contributed by atoms with E-state index in [1.54, 1.807) is 55.4 Å². The van der Waals surface area contributed by atoms with Gasteiger partial charge in [0.2, 0.25) is 28.9 Å². The number of benzene rings is 2. The standard InChI is InChI=1S/C25H26O9S2/c1-22(2)27-12-9(13-17(20(35)16(12)31-22)32-23(3,4)28-13)11(26)10-14-18(33-24(5,6)29-14)21(36)19-15(10)30-25(7,8)34-19/h35-36H,1-8H3. The number of thiol groups is 2. The lowest BCUT2D eigenvalue weighted by atomic mass is 9.97. The molecule has 0 fully saturated rings. The predicted molar refractivity (Wildman–Crippen MR) is 132 cm³/mol. The molecule has 0 unspecified atom stereocenters. The van der Waals surface area contributed by atoms with Crippen LogP contribution in [0.1, 0.15) is 71.3 Å². The van der Waals surface area contributed by atoms with E-state index in [1.807, 2.05) is 0 Å². The molecule has 0 atom stereocenters. The first-order valence-corrected chi connectivity index (χ1v) is 12.3. The van der Waals surface area contributed by atoms with Crippen molar-refractivity contribution in [1.29, 1.82) is 0 Å². The minimum absolute atomic E-state index is 0.0897. The number of carbonyl (C=O) groups is 1. The molecule has 0 aliphatic carbocycles. The molecular weight excluding hydrogens is 508 g/mol. The van der Waals surface area contributed by atoms with Crippen LogP contribution in [0.15, 0.2) is 9.79 Å². The van der Waals surface area contributed by atoms with Gasteiger partial charge in [0.15, 0.2) is 46.0 Å². The maximum atomic E-state index is 14.6. The van der Waals surface area contributed by atoms with Crippen LogP contribution in [0.5, 0.6) is 46.0 Å². The summed E-state index contributed by atoms with van der Waals surface area (Å²) in [4.78, 5) is 15.3. The number of hydrogen-bond donors (Lipinski definition) is 2. The summed E-state index contributed by atoms with van der Waals surface area (Å²) in [5.41, 5.74) is 0.179. The van der Waals surface area contributed by atoms with Gasteiger partial charge < -0.3 is 37.9 Å². The van der Waals surface area contributed by atoms with Crippen molar-refractivity contribution < 1.29 is 42.7 Å². The smallest absolute Gasteiger partial charge is 0.246 e. The van der Waals surface area contributed by atoms with Crippen molar-refractivity contribution in [3.63, 3.8) is 0 Å². The molecule has 36 heavy (non-hydrogen) atoms. The fraction of sp³-hybridized carbons (Fsp3) is 0.480. The first-order chi connectivity index (χ1) is 16.5. The third-order valence-corrected chi connectivity index (χ3v) is 6.64. The first kappa shape index (κ1) is 23.6. The minimum Gasteiger partial charge on any atom is -0.448 e. The fourth-order valence-electron chi connectivity index (χ4n) is 4.65. The van der Waals surface area contributed by atoms with Crippen molar-refractivity contribution in [1.82, 2.24) is 0 Å². The van der Waals surface area contributed by atoms with Crippen LogP contribution in [0.25, 0.3) is 0 Å². The summed E-state index contributed by atoms with van der Waals surface area (Å²) in [6.45, 7) is 13.9. The molecule has 0 saturated heterocycles. The van der Waals surface area contributed by atoms with Crippen LogP contribution in [-0.4, -0.2) is 28.9 Å². The normalized spacial score (nSPS) is 21.6. The number of rotatable bonds is 2. The molecule has 9 nitrogen and oxygen atoms in total. The molecule has 0 saturated carbocycles. The van der Waals surface area contributed by atoms with E-state index >= 15 is 0 Å². The van der Waals surface area contributed by atoms with Crippen LogP contribution in [0, 0.1) is 0 Å². The van der Waals surface area contributed by atoms with E-state index in [0.29, 0.717) is 9.79 Å². The third-order valence-electron chi connectivity index (χ3n) is 5.83. The van der Waals surface area contributed by atoms with Gasteiger partial charge in [0.1, 0.15) is 11.1 Å². The van der Waals surface area contributed by atoms with Crippen molar-refractivity contribution in [2.24, 2.45) is 0 Å². The summed E-state index contributed by atoms with van der Waals surface area (Å²) in [5.74, 6) is -2.88. The van der Waals surface area contributed by atoms with Crippen molar-refractivity contribution in [2.75, 3.05) is 0 Å². The zero-order valence-electron chi connectivity index (χ0n) is 21.1. The molecule has 0 N–H and O–H groups in total. The molecule has 4 aliphatic rings. The molecule has 0 radical (unpaired) electrons. The molecule has 0 aromatic heterocycles. The Hall–Kier alpha value is -2.79. The van der Waals surface area contributed by atoms with E-state index in [2.05, 4.69) is 25.3 Å². The molecule has 2 aromatic carbocycles. The average Bonchev–Trinajstić information content (AvgIpc) is 3.41. The van der Waals surface area contributed by atoms with Crippen LogP contribution in [0.3, 0.4) is 0 Å². The zero-order chi connectivity index (χ0) is 26.2. The fourth-order valence-corrected chi connectivity index (χ4v) is 5.24. The Bertz CT molecular complexity index is 1200. The minimum atomic E-state index is -1.05. The van der Waals surface area contributed by atoms with Gasteiger partial charge in [-0.25, -0.2) is 0 Å². The number of fused-ring (bicyclic) bond motifs is 4. The van der Waals surface area contributed by atoms with Gasteiger partial charge in [-0.3, -0.25) is 4.79 Å². The summed E-state index contributed by atoms with van der Waals surface area (Å²) < 4.78 is 48.4. The lowest BCUT2D eigenvalue weighted by Crippen LogP contribution is -2.31. The molecule has 0 bridgehead atoms. The predicted octanol–water partition coefficient (Wildman–Crippen LogP) is 5.52. The van der Waals surface area contributed by atoms with E-state index < -0.39 is 28.9 Å². The third kappa shape index (κ3) is 3.28. The molecule has 11 heteroatoms. The number of carbonyl (C=O) groups excluding carboxylic acids is 1. The van der Waals surface area contributed by atoms with Crippen molar-refractivity contribution in [2.45, 2.75) is 88.3 Å². The average molecular weight is 535 g/mol. The molecule has 2 aromatic rings. The summed E-state index contributed by atoms with van der Waals surface area (Å²) in [7, 11) is 0. The second kappa shape index (κ2) is 6.74. The SMILES string of the molecule is CC1(C)Oc2c(S)c3c(c(C(=O)c4c5c(c(S)c6c4OC(C)(C)O6)OC(C)(C)O5)c2O1)OC(C)(C)O3. The molecule has 192 valence electrons. The van der Waals surface area contributed by atoms with Crippen LogP contribution in [-0.2, 0) is 0 Å². The Labute approximate surface area is 219 Å². The van der Waals surface area contributed by atoms with E-state index in [1.165, 1.54) is 0 Å². The first-order valence-electron chi connectivity index (χ1n) is 11.4. The van der Waals surface area contributed by atoms with Crippen LogP contribution in [0.2, 0.25) is 0 Å². The van der Waals surface area contributed by atoms with Crippen molar-refractivity contribution >= 4 is 31.0 Å². The Morgan fingerprint density at radius 1 is 0.444 bits per heavy atom. The second-order valence-corrected chi connectivity index (χ2v) is 11.7. The molecule has 0 spiro atoms. The number of ether oxygens (including phenoxy) is 8. The van der Waals surface area contributed by atoms with Gasteiger partial charge >= 0.3 is 0 Å². The summed E-state index contributed by atoms with van der Waals surface area (Å²) in [5, 5.41) is 0. The molecule has 6 rings (SSSR count). The lowest BCUT2D eigenvalue weighted by molar-refractivity contribution is -0.0510. The summed E-state index contributed by atoms with van der Waals surface area (Å²) in [6.07, 6.45) is 0. The Morgan fingerprint density at radius 2 is 0.639 bits per heavy atom. The van der Waals surface area contributed by atoms with Gasteiger partial charge in [-0.15, -0.1) is 25.3 Å². The monoisotopic (exact) mass is 534 g/mol. The van der Waals surface area contributed by atoms with Crippen molar-refractivity contribution in [3.05, 3.63) is 11.1 Å². The topological polar surface area (TPSA) is 90.9 Å². The highest BCUT2D eigenvalue weighted by Crippen LogP contribution is 2.62. The molecule has 4 heterocycles. The maximum Gasteiger partial charge on any atom is 0.246 e. The van der Waals surface area contributed by atoms with Crippen LogP contribution >= 0.6 is 25.3 Å². The maximum absolute atomic E-state index is 14.6. The van der Waals surface area contributed by atoms with E-state index in [-0.39, 0.29) is 57.1 Å². The van der Waals surface area contributed by atoms with E-state index in [4.69, 9.17) is 37.9 Å². The van der Waals surface area contributed by atoms with Gasteiger partial charge in [-0.2, -0.15) is 0 Å². The Balaban J connectivity index is 1.64. The van der Waals surface area contributed by atoms with E-state index in [0.717, 1.165) is 0 Å². The second-order valence-electron chi connectivity index (χ2n) is 10.8. The largest absolute Gasteiger partial charge is 0.448 e. The van der Waals surface area contributed by atoms with E-state index in [9.17, 15) is 4.79 Å². The van der Waals surface area contributed by atoms with Crippen LogP contribution < -0.4 is 37.9 Å². The quantitative estimate of drug-likeness (QED) is 0.382. The van der Waals surface area contributed by atoms with Gasteiger partial charge in [0.25, 0.3) is 0 Å². The highest BCUT2D eigenvalue weighted by atomic mass is 32.1. The number of ketones is 1. The Kier molecular flexibility index (Phi) is 4.42. The molecule has 4 aliphatic heterocycles. The van der Waals surface area contributed by atoms with Gasteiger partial charge in [-0.05, 0) is 0 Å². The van der Waals surface area contributed by atoms with Gasteiger partial charge in [0.05, 0.1) is 9.79 Å². The summed E-state index contributed by atoms with van der Waals surface area (Å²) >= 11 is 9.24. The summed E-state index contributed by atoms with van der Waals surface area (Å²) in [6, 6.07) is 0. The number of hydrogen-bond acceptors (Lipinski definition) is 11. The highest BCUT2D eigenvalue weighted by molar-refractivity contribution is 7.80. The van der Waals surface area contributed by atoms with Crippen LogP contribution in [0.4, 0.5) is 0 Å². The van der Waals surface area contributed by atoms with Gasteiger partial charge in [0, 0.05) is 55.4 Å². The molecular formula is C25H26O9S2. The lowest BCUT2D eigenvalue weighted by Gasteiger charge is -2.19.